The Labute approximate surface area is 208 Å². The standard InChI is InChI=1S/C25H27F5N4O2/c1-12(13-4-3-5-14(20(13)26)22(27)28)31-23(36)17-11-34(25(6-7-25)24(29)30)19(35)8-18(17)32-21-15-9-33(2)10-16(15)21/h3-5,8,11-12,15-16,21-22,24,32H,6-7,9-10H2,1-2H3,(H,31,36)/t12-,15-,16+,21?/m1/s1/i2D3. The highest BCUT2D eigenvalue weighted by atomic mass is 19.3. The number of rotatable bonds is 8. The maximum Gasteiger partial charge on any atom is 0.266 e. The zero-order valence-corrected chi connectivity index (χ0v) is 19.3. The van der Waals surface area contributed by atoms with Gasteiger partial charge in [-0.05, 0) is 38.6 Å². The molecule has 0 radical (unpaired) electrons. The second-order valence-corrected chi connectivity index (χ2v) is 9.86. The fourth-order valence-electron chi connectivity index (χ4n) is 5.22. The molecule has 2 aliphatic carbocycles. The summed E-state index contributed by atoms with van der Waals surface area (Å²) in [6.07, 6.45) is -4.74. The predicted octanol–water partition coefficient (Wildman–Crippen LogP) is 4.14. The first-order chi connectivity index (χ1) is 18.2. The maximum atomic E-state index is 14.7. The summed E-state index contributed by atoms with van der Waals surface area (Å²) in [5.41, 5.74) is -3.51. The number of benzene rings is 1. The number of fused-ring (bicyclic) bond motifs is 1. The minimum absolute atomic E-state index is 0.0373. The van der Waals surface area contributed by atoms with Crippen LogP contribution in [0.3, 0.4) is 0 Å². The molecule has 2 N–H and O–H groups in total. The lowest BCUT2D eigenvalue weighted by molar-refractivity contribution is 0.0648. The van der Waals surface area contributed by atoms with E-state index in [9.17, 15) is 31.5 Å². The number of carbonyl (C=O) groups is 1. The van der Waals surface area contributed by atoms with E-state index in [2.05, 4.69) is 10.6 Å². The number of carbonyl (C=O) groups excluding carboxylic acids is 1. The molecule has 1 aliphatic heterocycles. The Morgan fingerprint density at radius 3 is 2.42 bits per heavy atom. The molecule has 1 aromatic heterocycles. The zero-order valence-electron chi connectivity index (χ0n) is 22.3. The van der Waals surface area contributed by atoms with E-state index in [4.69, 9.17) is 4.11 Å². The number of aromatic nitrogens is 1. The van der Waals surface area contributed by atoms with Crippen LogP contribution in [0.15, 0.2) is 35.3 Å². The van der Waals surface area contributed by atoms with E-state index in [1.165, 1.54) is 24.0 Å². The average Bonchev–Trinajstić information content (AvgIpc) is 3.72. The lowest BCUT2D eigenvalue weighted by Crippen LogP contribution is -2.37. The highest BCUT2D eigenvalue weighted by Crippen LogP contribution is 2.49. The van der Waals surface area contributed by atoms with Crippen molar-refractivity contribution in [3.05, 3.63) is 63.3 Å². The average molecular weight is 514 g/mol. The van der Waals surface area contributed by atoms with Crippen molar-refractivity contribution in [3.63, 3.8) is 0 Å². The van der Waals surface area contributed by atoms with Gasteiger partial charge in [0.2, 0.25) is 0 Å². The third kappa shape index (κ3) is 4.16. The molecule has 1 aromatic carbocycles. The topological polar surface area (TPSA) is 66.4 Å². The molecular formula is C25H27F5N4O2. The van der Waals surface area contributed by atoms with Gasteiger partial charge < -0.3 is 20.1 Å². The van der Waals surface area contributed by atoms with Gasteiger partial charge in [0.15, 0.2) is 0 Å². The van der Waals surface area contributed by atoms with E-state index in [1.54, 1.807) is 0 Å². The number of amides is 1. The van der Waals surface area contributed by atoms with Crippen molar-refractivity contribution in [2.45, 2.75) is 50.2 Å². The summed E-state index contributed by atoms with van der Waals surface area (Å²) in [7, 11) is 0. The number of anilines is 1. The molecule has 36 heavy (non-hydrogen) atoms. The van der Waals surface area contributed by atoms with Gasteiger partial charge >= 0.3 is 0 Å². The van der Waals surface area contributed by atoms with Gasteiger partial charge in [-0.25, -0.2) is 22.0 Å². The minimum atomic E-state index is -3.06. The van der Waals surface area contributed by atoms with Gasteiger partial charge in [-0.15, -0.1) is 0 Å². The quantitative estimate of drug-likeness (QED) is 0.521. The number of halogens is 5. The second kappa shape index (κ2) is 8.86. The first kappa shape index (κ1) is 21.2. The summed E-state index contributed by atoms with van der Waals surface area (Å²) < 4.78 is 92.2. The third-order valence-electron chi connectivity index (χ3n) is 7.57. The molecule has 4 atom stereocenters. The molecule has 2 heterocycles. The summed E-state index contributed by atoms with van der Waals surface area (Å²) in [5.74, 6) is -2.06. The number of pyridine rings is 1. The Morgan fingerprint density at radius 2 is 1.83 bits per heavy atom. The molecule has 2 saturated carbocycles. The summed E-state index contributed by atoms with van der Waals surface area (Å²) >= 11 is 0. The molecule has 6 nitrogen and oxygen atoms in total. The van der Waals surface area contributed by atoms with Crippen molar-refractivity contribution in [1.29, 1.82) is 0 Å². The van der Waals surface area contributed by atoms with E-state index < -0.39 is 54.3 Å². The highest BCUT2D eigenvalue weighted by molar-refractivity contribution is 5.99. The Morgan fingerprint density at radius 1 is 1.17 bits per heavy atom. The zero-order chi connectivity index (χ0) is 28.4. The van der Waals surface area contributed by atoms with Crippen molar-refractivity contribution < 1.29 is 30.9 Å². The number of hydrogen-bond acceptors (Lipinski definition) is 4. The van der Waals surface area contributed by atoms with Gasteiger partial charge in [0, 0.05) is 41.1 Å². The molecule has 1 saturated heterocycles. The molecule has 194 valence electrons. The SMILES string of the molecule is [2H]C([2H])([2H])N1C[C@@H]2C(Nc3cc(=O)n(C4(C(F)F)CC4)cc3C(=O)N[C@H](C)c3cccc(C(F)F)c3F)[C@@H]2C1. The molecule has 1 amide bonds. The van der Waals surface area contributed by atoms with E-state index in [0.717, 1.165) is 22.9 Å². The number of nitrogens with zero attached hydrogens (tertiary/aromatic N) is 2. The number of hydrogen-bond donors (Lipinski definition) is 2. The van der Waals surface area contributed by atoms with Crippen LogP contribution < -0.4 is 16.2 Å². The number of alkyl halides is 4. The van der Waals surface area contributed by atoms with Crippen molar-refractivity contribution in [3.8, 4) is 0 Å². The molecule has 3 aliphatic rings. The van der Waals surface area contributed by atoms with Crippen LogP contribution in [0.1, 0.15) is 57.8 Å². The number of piperidine rings is 1. The van der Waals surface area contributed by atoms with E-state index in [-0.39, 0.29) is 47.5 Å². The van der Waals surface area contributed by atoms with Gasteiger partial charge in [-0.2, -0.15) is 0 Å². The van der Waals surface area contributed by atoms with Crippen LogP contribution in [0.25, 0.3) is 0 Å². The monoisotopic (exact) mass is 513 g/mol. The fraction of sp³-hybridized carbons (Fsp3) is 0.520. The van der Waals surface area contributed by atoms with Crippen molar-refractivity contribution in [2.24, 2.45) is 11.8 Å². The summed E-state index contributed by atoms with van der Waals surface area (Å²) in [6.45, 7) is -0.249. The van der Waals surface area contributed by atoms with E-state index in [0.29, 0.717) is 13.1 Å². The van der Waals surface area contributed by atoms with Crippen molar-refractivity contribution >= 4 is 11.6 Å². The molecule has 5 rings (SSSR count). The predicted molar refractivity (Wildman–Crippen MR) is 123 cm³/mol. The number of nitrogens with one attached hydrogen (secondary N) is 2. The fourth-order valence-corrected chi connectivity index (χ4v) is 5.22. The summed E-state index contributed by atoms with van der Waals surface area (Å²) in [4.78, 5) is 27.6. The first-order valence-corrected chi connectivity index (χ1v) is 11.7. The van der Waals surface area contributed by atoms with Gasteiger partial charge in [0.25, 0.3) is 24.3 Å². The Bertz CT molecular complexity index is 1340. The third-order valence-corrected chi connectivity index (χ3v) is 7.57. The molecule has 0 bridgehead atoms. The minimum Gasteiger partial charge on any atom is -0.381 e. The Balaban J connectivity index is 1.43. The van der Waals surface area contributed by atoms with Crippen LogP contribution in [0.4, 0.5) is 27.6 Å². The smallest absolute Gasteiger partial charge is 0.266 e. The lowest BCUT2D eigenvalue weighted by Gasteiger charge is -2.23. The Hall–Kier alpha value is -2.95. The Kier molecular flexibility index (Phi) is 5.21. The van der Waals surface area contributed by atoms with E-state index >= 15 is 0 Å². The van der Waals surface area contributed by atoms with E-state index in [1.807, 2.05) is 0 Å². The highest BCUT2D eigenvalue weighted by Gasteiger charge is 2.56. The van der Waals surface area contributed by atoms with Crippen LogP contribution in [0.5, 0.6) is 0 Å². The van der Waals surface area contributed by atoms with Crippen LogP contribution >= 0.6 is 0 Å². The molecule has 2 aromatic rings. The normalized spacial score (nSPS) is 26.7. The lowest BCUT2D eigenvalue weighted by atomic mass is 10.0. The van der Waals surface area contributed by atoms with Gasteiger partial charge in [-0.1, -0.05) is 18.2 Å². The summed E-state index contributed by atoms with van der Waals surface area (Å²) in [6, 6.07) is 3.20. The largest absolute Gasteiger partial charge is 0.381 e. The van der Waals surface area contributed by atoms with Crippen molar-refractivity contribution in [1.82, 2.24) is 14.8 Å². The van der Waals surface area contributed by atoms with Crippen LogP contribution in [-0.4, -0.2) is 47.9 Å². The molecule has 0 spiro atoms. The molecular weight excluding hydrogens is 483 g/mol. The van der Waals surface area contributed by atoms with Crippen LogP contribution in [0, 0.1) is 17.7 Å². The molecule has 1 unspecified atom stereocenters. The number of likely N-dealkylation sites (tertiary alicyclic amines) is 1. The molecule has 3 fully saturated rings. The van der Waals surface area contributed by atoms with Crippen LogP contribution in [0.2, 0.25) is 0 Å². The van der Waals surface area contributed by atoms with Gasteiger partial charge in [0.1, 0.15) is 11.4 Å². The summed E-state index contributed by atoms with van der Waals surface area (Å²) in [5, 5.41) is 5.64. The molecule has 11 heteroatoms. The van der Waals surface area contributed by atoms with Gasteiger partial charge in [0.05, 0.1) is 22.9 Å². The van der Waals surface area contributed by atoms with Crippen molar-refractivity contribution in [2.75, 3.05) is 25.4 Å². The maximum absolute atomic E-state index is 14.7. The van der Waals surface area contributed by atoms with Gasteiger partial charge in [-0.3, -0.25) is 9.59 Å². The second-order valence-electron chi connectivity index (χ2n) is 9.86. The first-order valence-electron chi connectivity index (χ1n) is 13.2. The van der Waals surface area contributed by atoms with Crippen LogP contribution in [-0.2, 0) is 5.54 Å².